The number of rotatable bonds is 1. The third kappa shape index (κ3) is 2.03. The van der Waals surface area contributed by atoms with E-state index in [4.69, 9.17) is 13.7 Å². The molecule has 0 bridgehead atoms. The van der Waals surface area contributed by atoms with Gasteiger partial charge in [0.05, 0.1) is 16.6 Å². The third-order valence-corrected chi connectivity index (χ3v) is 5.01. The van der Waals surface area contributed by atoms with E-state index < -0.39 is 18.3 Å². The fourth-order valence-corrected chi connectivity index (χ4v) is 2.98. The molecule has 0 aliphatic carbocycles. The first kappa shape index (κ1) is 14.7. The third-order valence-electron chi connectivity index (χ3n) is 5.01. The molecule has 0 N–H and O–H groups in total. The number of benzene rings is 2. The summed E-state index contributed by atoms with van der Waals surface area (Å²) in [6.07, 6.45) is 0. The van der Waals surface area contributed by atoms with Crippen LogP contribution in [-0.2, 0) is 9.31 Å². The van der Waals surface area contributed by atoms with Crippen LogP contribution < -0.4 is 5.46 Å². The Morgan fingerprint density at radius 2 is 1.57 bits per heavy atom. The summed E-state index contributed by atoms with van der Waals surface area (Å²) >= 11 is 0. The van der Waals surface area contributed by atoms with Gasteiger partial charge >= 0.3 is 7.12 Å². The minimum atomic E-state index is -0.535. The van der Waals surface area contributed by atoms with Gasteiger partial charge in [-0.15, -0.1) is 0 Å². The number of furan rings is 1. The first-order valence-corrected chi connectivity index (χ1v) is 7.75. The molecule has 1 aromatic heterocycles. The van der Waals surface area contributed by atoms with Crippen molar-refractivity contribution in [1.29, 1.82) is 0 Å². The molecular formula is C18H18BFO3. The largest absolute Gasteiger partial charge is 0.498 e. The second-order valence-corrected chi connectivity index (χ2v) is 7.03. The highest BCUT2D eigenvalue weighted by Crippen LogP contribution is 2.38. The minimum absolute atomic E-state index is 0.285. The molecule has 2 aromatic carbocycles. The molecule has 1 aliphatic heterocycles. The van der Waals surface area contributed by atoms with Crippen LogP contribution in [0, 0.1) is 5.82 Å². The highest BCUT2D eigenvalue weighted by Gasteiger charge is 2.52. The van der Waals surface area contributed by atoms with Gasteiger partial charge in [-0.2, -0.15) is 0 Å². The predicted octanol–water partition coefficient (Wildman–Crippen LogP) is 4.02. The Balaban J connectivity index is 1.93. The molecule has 3 aromatic rings. The monoisotopic (exact) mass is 312 g/mol. The van der Waals surface area contributed by atoms with E-state index in [-0.39, 0.29) is 5.82 Å². The number of fused-ring (bicyclic) bond motifs is 3. The number of hydrogen-bond donors (Lipinski definition) is 0. The Morgan fingerprint density at radius 1 is 0.913 bits per heavy atom. The summed E-state index contributed by atoms with van der Waals surface area (Å²) in [7, 11) is -0.535. The summed E-state index contributed by atoms with van der Waals surface area (Å²) in [5.74, 6) is -0.285. The lowest BCUT2D eigenvalue weighted by Crippen LogP contribution is -2.41. The maximum atomic E-state index is 14.2. The Morgan fingerprint density at radius 3 is 2.26 bits per heavy atom. The fourth-order valence-electron chi connectivity index (χ4n) is 2.98. The molecule has 0 atom stereocenters. The number of para-hydroxylation sites is 1. The van der Waals surface area contributed by atoms with Gasteiger partial charge in [0.25, 0.3) is 0 Å². The van der Waals surface area contributed by atoms with E-state index >= 15 is 0 Å². The first-order chi connectivity index (χ1) is 10.8. The molecule has 118 valence electrons. The van der Waals surface area contributed by atoms with Crippen molar-refractivity contribution in [2.75, 3.05) is 0 Å². The molecule has 0 unspecified atom stereocenters. The Kier molecular flexibility index (Phi) is 2.94. The van der Waals surface area contributed by atoms with E-state index in [1.54, 1.807) is 12.1 Å². The highest BCUT2D eigenvalue weighted by atomic mass is 19.1. The van der Waals surface area contributed by atoms with Crippen molar-refractivity contribution in [3.63, 3.8) is 0 Å². The maximum absolute atomic E-state index is 14.2. The van der Waals surface area contributed by atoms with Crippen molar-refractivity contribution < 1.29 is 18.1 Å². The SMILES string of the molecule is CC1(C)OB(c2cccc3c2oc2cccc(F)c23)OC1(C)C. The molecule has 1 fully saturated rings. The Bertz CT molecular complexity index is 897. The first-order valence-electron chi connectivity index (χ1n) is 7.75. The summed E-state index contributed by atoms with van der Waals surface area (Å²) < 4.78 is 32.3. The topological polar surface area (TPSA) is 31.6 Å². The van der Waals surface area contributed by atoms with Gasteiger partial charge < -0.3 is 13.7 Å². The maximum Gasteiger partial charge on any atom is 0.498 e. The zero-order chi connectivity index (χ0) is 16.4. The molecule has 1 aliphatic rings. The van der Waals surface area contributed by atoms with Crippen LogP contribution in [0.3, 0.4) is 0 Å². The van der Waals surface area contributed by atoms with Crippen LogP contribution in [0.5, 0.6) is 0 Å². The van der Waals surface area contributed by atoms with Gasteiger partial charge in [0.15, 0.2) is 0 Å². The van der Waals surface area contributed by atoms with Gasteiger partial charge in [0.1, 0.15) is 17.0 Å². The molecule has 23 heavy (non-hydrogen) atoms. The van der Waals surface area contributed by atoms with Crippen LogP contribution in [0.4, 0.5) is 4.39 Å². The molecule has 0 amide bonds. The normalized spacial score (nSPS) is 19.8. The molecule has 3 nitrogen and oxygen atoms in total. The lowest BCUT2D eigenvalue weighted by Gasteiger charge is -2.32. The van der Waals surface area contributed by atoms with Crippen LogP contribution in [0.25, 0.3) is 21.9 Å². The zero-order valence-corrected chi connectivity index (χ0v) is 13.6. The van der Waals surface area contributed by atoms with Gasteiger partial charge in [-0.3, -0.25) is 0 Å². The molecule has 0 radical (unpaired) electrons. The smallest absolute Gasteiger partial charge is 0.456 e. The minimum Gasteiger partial charge on any atom is -0.456 e. The van der Waals surface area contributed by atoms with E-state index in [9.17, 15) is 4.39 Å². The lowest BCUT2D eigenvalue weighted by atomic mass is 9.78. The fraction of sp³-hybridized carbons (Fsp3) is 0.333. The van der Waals surface area contributed by atoms with Crippen LogP contribution in [-0.4, -0.2) is 18.3 Å². The summed E-state index contributed by atoms with van der Waals surface area (Å²) in [4.78, 5) is 0. The average Bonchev–Trinajstić information content (AvgIpc) is 2.94. The van der Waals surface area contributed by atoms with Crippen molar-refractivity contribution in [2.45, 2.75) is 38.9 Å². The highest BCUT2D eigenvalue weighted by molar-refractivity contribution is 6.65. The standard InChI is InChI=1S/C18H18BFO3/c1-17(2)18(3,4)23-19(22-17)12-8-5-7-11-15-13(20)9-6-10-14(15)21-16(11)12/h5-10H,1-4H3. The second-order valence-electron chi connectivity index (χ2n) is 7.03. The quantitative estimate of drug-likeness (QED) is 0.636. The van der Waals surface area contributed by atoms with Crippen molar-refractivity contribution in [3.05, 3.63) is 42.2 Å². The van der Waals surface area contributed by atoms with Crippen molar-refractivity contribution >= 4 is 34.5 Å². The second kappa shape index (κ2) is 4.59. The van der Waals surface area contributed by atoms with Crippen molar-refractivity contribution in [2.24, 2.45) is 0 Å². The van der Waals surface area contributed by atoms with E-state index in [1.165, 1.54) is 6.07 Å². The lowest BCUT2D eigenvalue weighted by molar-refractivity contribution is 0.00578. The zero-order valence-electron chi connectivity index (χ0n) is 13.6. The van der Waals surface area contributed by atoms with Gasteiger partial charge in [-0.1, -0.05) is 24.3 Å². The van der Waals surface area contributed by atoms with Crippen LogP contribution >= 0.6 is 0 Å². The Labute approximate surface area is 134 Å². The molecule has 4 rings (SSSR count). The summed E-state index contributed by atoms with van der Waals surface area (Å²) in [6, 6.07) is 10.5. The molecule has 0 saturated carbocycles. The molecule has 2 heterocycles. The van der Waals surface area contributed by atoms with Crippen molar-refractivity contribution in [1.82, 2.24) is 0 Å². The number of halogens is 1. The van der Waals surface area contributed by atoms with Crippen LogP contribution in [0.15, 0.2) is 40.8 Å². The summed E-state index contributed by atoms with van der Waals surface area (Å²) in [5, 5.41) is 1.24. The molecule has 1 saturated heterocycles. The van der Waals surface area contributed by atoms with Crippen LogP contribution in [0.1, 0.15) is 27.7 Å². The van der Waals surface area contributed by atoms with E-state index in [1.807, 2.05) is 45.9 Å². The van der Waals surface area contributed by atoms with Crippen LogP contribution in [0.2, 0.25) is 0 Å². The van der Waals surface area contributed by atoms with Gasteiger partial charge in [-0.05, 0) is 39.8 Å². The molecular weight excluding hydrogens is 294 g/mol. The average molecular weight is 312 g/mol. The van der Waals surface area contributed by atoms with Gasteiger partial charge in [-0.25, -0.2) is 4.39 Å². The van der Waals surface area contributed by atoms with Gasteiger partial charge in [0, 0.05) is 10.8 Å². The molecule has 5 heteroatoms. The van der Waals surface area contributed by atoms with E-state index in [0.717, 1.165) is 10.8 Å². The van der Waals surface area contributed by atoms with E-state index in [0.29, 0.717) is 16.6 Å². The molecule has 0 spiro atoms. The number of hydrogen-bond acceptors (Lipinski definition) is 3. The Hall–Kier alpha value is -1.85. The summed E-state index contributed by atoms with van der Waals surface area (Å²) in [6.45, 7) is 8.02. The summed E-state index contributed by atoms with van der Waals surface area (Å²) in [5.41, 5.74) is 1.07. The van der Waals surface area contributed by atoms with Crippen molar-refractivity contribution in [3.8, 4) is 0 Å². The van der Waals surface area contributed by atoms with Gasteiger partial charge in [0.2, 0.25) is 0 Å². The predicted molar refractivity (Wildman–Crippen MR) is 89.4 cm³/mol. The van der Waals surface area contributed by atoms with E-state index in [2.05, 4.69) is 0 Å².